The lowest BCUT2D eigenvalue weighted by Gasteiger charge is -2.43. The minimum absolute atomic E-state index is 0.0462. The zero-order chi connectivity index (χ0) is 29.9. The van der Waals surface area contributed by atoms with Gasteiger partial charge in [-0.15, -0.1) is 0 Å². The lowest BCUT2D eigenvalue weighted by Crippen LogP contribution is -2.59. The van der Waals surface area contributed by atoms with Crippen molar-refractivity contribution in [1.29, 1.82) is 0 Å². The normalized spacial score (nSPS) is 13.1. The van der Waals surface area contributed by atoms with Gasteiger partial charge in [-0.25, -0.2) is 0 Å². The average Bonchev–Trinajstić information content (AvgIpc) is 3.65. The summed E-state index contributed by atoms with van der Waals surface area (Å²) in [5.41, 5.74) is 15.6. The minimum atomic E-state index is 0.0462. The van der Waals surface area contributed by atoms with Gasteiger partial charge in [0.25, 0.3) is 0 Å². The lowest BCUT2D eigenvalue weighted by atomic mass is 9.43. The van der Waals surface area contributed by atoms with Gasteiger partial charge < -0.3 is 13.8 Å². The van der Waals surface area contributed by atoms with Crippen molar-refractivity contribution in [2.75, 3.05) is 4.81 Å². The zero-order valence-electron chi connectivity index (χ0n) is 24.8. The number of nitrogens with zero attached hydrogens (tertiary/aromatic N) is 2. The highest BCUT2D eigenvalue weighted by Gasteiger charge is 2.42. The van der Waals surface area contributed by atoms with Gasteiger partial charge in [0.05, 0.1) is 11.0 Å². The fourth-order valence-electron chi connectivity index (χ4n) is 8.36. The molecular formula is C42H25BN2O. The standard InChI is InChI=1S/C42H25BN2O/c1-2-12-26(13-3-1)44-35-19-9-5-16-29(35)31-25-40-32(24-38(31)44)42-39(46-40)23-22-34-41(42)30-17-7-11-21-37(30)45-36-20-10-6-15-28(36)27-14-4-8-18-33(27)43(34)45/h1-25H. The fraction of sp³-hybridized carbons (Fsp3) is 0. The van der Waals surface area contributed by atoms with Gasteiger partial charge in [-0.3, -0.25) is 0 Å². The molecule has 2 aromatic heterocycles. The maximum atomic E-state index is 6.74. The lowest BCUT2D eigenvalue weighted by molar-refractivity contribution is 0.669. The van der Waals surface area contributed by atoms with Gasteiger partial charge in [-0.1, -0.05) is 103 Å². The summed E-state index contributed by atoms with van der Waals surface area (Å²) in [7, 11) is 0. The molecule has 0 aliphatic carbocycles. The Hall–Kier alpha value is -6.00. The van der Waals surface area contributed by atoms with Crippen LogP contribution in [0.4, 0.5) is 11.4 Å². The Labute approximate surface area is 265 Å². The molecule has 46 heavy (non-hydrogen) atoms. The van der Waals surface area contributed by atoms with Crippen LogP contribution in [-0.2, 0) is 0 Å². The Morgan fingerprint density at radius 2 is 1.15 bits per heavy atom. The maximum absolute atomic E-state index is 6.74. The summed E-state index contributed by atoms with van der Waals surface area (Å²) in [6, 6.07) is 55.1. The van der Waals surface area contributed by atoms with Crippen LogP contribution in [0.15, 0.2) is 156 Å². The van der Waals surface area contributed by atoms with Gasteiger partial charge in [0.2, 0.25) is 0 Å². The number of furan rings is 1. The molecule has 4 heterocycles. The first-order valence-corrected chi connectivity index (χ1v) is 15.9. The summed E-state index contributed by atoms with van der Waals surface area (Å²) < 4.78 is 9.14. The van der Waals surface area contributed by atoms with Crippen molar-refractivity contribution in [3.8, 4) is 27.9 Å². The smallest absolute Gasteiger partial charge is 0.329 e. The van der Waals surface area contributed by atoms with Crippen LogP contribution in [-0.4, -0.2) is 11.4 Å². The SMILES string of the molecule is c1ccc(-n2c3ccccc3c3cc4oc5ccc6c(c5c4cc32)-c2ccccc2N2B6c3ccccc3-c3ccccc32)cc1. The van der Waals surface area contributed by atoms with Gasteiger partial charge in [0.1, 0.15) is 11.2 Å². The zero-order valence-corrected chi connectivity index (χ0v) is 24.8. The monoisotopic (exact) mass is 584 g/mol. The highest BCUT2D eigenvalue weighted by atomic mass is 16.3. The van der Waals surface area contributed by atoms with Crippen LogP contribution < -0.4 is 15.7 Å². The molecule has 212 valence electrons. The Morgan fingerprint density at radius 3 is 2.02 bits per heavy atom. The molecule has 9 aromatic rings. The molecule has 3 nitrogen and oxygen atoms in total. The molecule has 0 unspecified atom stereocenters. The molecule has 2 aliphatic heterocycles. The second kappa shape index (κ2) is 8.80. The number of fused-ring (bicyclic) bond motifs is 18. The number of para-hydroxylation sites is 4. The van der Waals surface area contributed by atoms with Gasteiger partial charge in [0.15, 0.2) is 0 Å². The van der Waals surface area contributed by atoms with Crippen LogP contribution in [0.25, 0.3) is 71.7 Å². The molecule has 0 bridgehead atoms. The van der Waals surface area contributed by atoms with E-state index in [1.165, 1.54) is 71.7 Å². The van der Waals surface area contributed by atoms with E-state index in [9.17, 15) is 0 Å². The molecule has 0 radical (unpaired) electrons. The molecule has 2 aliphatic rings. The van der Waals surface area contributed by atoms with E-state index in [2.05, 4.69) is 161 Å². The number of benzene rings is 7. The van der Waals surface area contributed by atoms with Crippen molar-refractivity contribution >= 4 is 72.9 Å². The molecule has 4 heteroatoms. The van der Waals surface area contributed by atoms with Crippen molar-refractivity contribution in [2.24, 2.45) is 0 Å². The molecule has 0 spiro atoms. The second-order valence-electron chi connectivity index (χ2n) is 12.5. The Morgan fingerprint density at radius 1 is 0.457 bits per heavy atom. The summed E-state index contributed by atoms with van der Waals surface area (Å²) in [6.45, 7) is 0.0462. The summed E-state index contributed by atoms with van der Waals surface area (Å²) in [4.78, 5) is 2.55. The third-order valence-corrected chi connectivity index (χ3v) is 10.2. The maximum Gasteiger partial charge on any atom is 0.329 e. The number of hydrogen-bond donors (Lipinski definition) is 0. The summed E-state index contributed by atoms with van der Waals surface area (Å²) in [5, 5.41) is 4.75. The first-order chi connectivity index (χ1) is 22.8. The van der Waals surface area contributed by atoms with Crippen LogP contribution in [0.2, 0.25) is 0 Å². The van der Waals surface area contributed by atoms with E-state index in [0.717, 1.165) is 22.2 Å². The van der Waals surface area contributed by atoms with Gasteiger partial charge in [0, 0.05) is 49.7 Å². The number of aromatic nitrogens is 1. The van der Waals surface area contributed by atoms with Crippen molar-refractivity contribution in [2.45, 2.75) is 0 Å². The van der Waals surface area contributed by atoms with Crippen LogP contribution in [0.5, 0.6) is 0 Å². The summed E-state index contributed by atoms with van der Waals surface area (Å²) in [6.07, 6.45) is 0. The molecular weight excluding hydrogens is 559 g/mol. The third kappa shape index (κ3) is 3.03. The second-order valence-corrected chi connectivity index (χ2v) is 12.5. The van der Waals surface area contributed by atoms with Crippen molar-refractivity contribution < 1.29 is 4.42 Å². The fourth-order valence-corrected chi connectivity index (χ4v) is 8.36. The minimum Gasteiger partial charge on any atom is -0.456 e. The third-order valence-electron chi connectivity index (χ3n) is 10.2. The average molecular weight is 584 g/mol. The number of hydrogen-bond acceptors (Lipinski definition) is 2. The van der Waals surface area contributed by atoms with Crippen LogP contribution in [0.3, 0.4) is 0 Å². The first kappa shape index (κ1) is 24.3. The first-order valence-electron chi connectivity index (χ1n) is 15.9. The van der Waals surface area contributed by atoms with Gasteiger partial charge in [-0.05, 0) is 70.6 Å². The number of anilines is 2. The van der Waals surface area contributed by atoms with Gasteiger partial charge in [-0.2, -0.15) is 0 Å². The van der Waals surface area contributed by atoms with E-state index in [-0.39, 0.29) is 6.85 Å². The molecule has 7 aromatic carbocycles. The van der Waals surface area contributed by atoms with E-state index in [4.69, 9.17) is 4.42 Å². The van der Waals surface area contributed by atoms with Crippen molar-refractivity contribution in [1.82, 2.24) is 4.57 Å². The Bertz CT molecular complexity index is 2720. The predicted octanol–water partition coefficient (Wildman–Crippen LogP) is 9.59. The Kier molecular flexibility index (Phi) is 4.66. The molecule has 0 fully saturated rings. The van der Waals surface area contributed by atoms with E-state index in [1.54, 1.807) is 0 Å². The number of rotatable bonds is 1. The molecule has 0 saturated heterocycles. The van der Waals surface area contributed by atoms with E-state index >= 15 is 0 Å². The highest BCUT2D eigenvalue weighted by Crippen LogP contribution is 2.49. The van der Waals surface area contributed by atoms with Crippen LogP contribution >= 0.6 is 0 Å². The molecule has 0 N–H and O–H groups in total. The molecule has 11 rings (SSSR count). The molecule has 0 amide bonds. The topological polar surface area (TPSA) is 21.3 Å². The van der Waals surface area contributed by atoms with Gasteiger partial charge >= 0.3 is 6.85 Å². The van der Waals surface area contributed by atoms with E-state index in [1.807, 2.05) is 0 Å². The Balaban J connectivity index is 1.28. The quantitative estimate of drug-likeness (QED) is 0.179. The van der Waals surface area contributed by atoms with E-state index < -0.39 is 0 Å². The highest BCUT2D eigenvalue weighted by molar-refractivity contribution is 6.92. The van der Waals surface area contributed by atoms with Crippen LogP contribution in [0.1, 0.15) is 0 Å². The summed E-state index contributed by atoms with van der Waals surface area (Å²) in [5.74, 6) is 0. The summed E-state index contributed by atoms with van der Waals surface area (Å²) >= 11 is 0. The van der Waals surface area contributed by atoms with E-state index in [0.29, 0.717) is 0 Å². The predicted molar refractivity (Wildman–Crippen MR) is 193 cm³/mol. The van der Waals surface area contributed by atoms with Crippen molar-refractivity contribution in [3.63, 3.8) is 0 Å². The molecule has 0 atom stereocenters. The van der Waals surface area contributed by atoms with Crippen LogP contribution in [0, 0.1) is 0 Å². The van der Waals surface area contributed by atoms with Crippen molar-refractivity contribution in [3.05, 3.63) is 152 Å². The molecule has 0 saturated carbocycles. The largest absolute Gasteiger partial charge is 0.456 e.